The lowest BCUT2D eigenvalue weighted by atomic mass is 10.4. The molecule has 0 spiro atoms. The van der Waals surface area contributed by atoms with Gasteiger partial charge in [0.2, 0.25) is 0 Å². The molecule has 0 heterocycles. The monoisotopic (exact) mass is 131 g/mol. The second-order valence-electron chi connectivity index (χ2n) is 2.11. The molecule has 0 aliphatic heterocycles. The summed E-state index contributed by atoms with van der Waals surface area (Å²) in [6.07, 6.45) is 6.17. The van der Waals surface area contributed by atoms with Gasteiger partial charge in [-0.25, -0.2) is 4.79 Å². The van der Waals surface area contributed by atoms with Crippen molar-refractivity contribution < 1.29 is 9.90 Å². The molecule has 1 rings (SSSR count). The quantitative estimate of drug-likeness (QED) is 0.524. The van der Waals surface area contributed by atoms with Crippen molar-refractivity contribution in [3.8, 4) is 0 Å². The van der Waals surface area contributed by atoms with Crippen LogP contribution in [0, 0.1) is 0 Å². The number of nitrogens with two attached hydrogens (primary N) is 1. The lowest BCUT2D eigenvalue weighted by Gasteiger charge is -1.67. The summed E-state index contributed by atoms with van der Waals surface area (Å²) in [5, 5.41) is 7.19. The second kappa shape index (κ2) is 5.41. The van der Waals surface area contributed by atoms with Crippen LogP contribution in [0.2, 0.25) is 0 Å². The minimum absolute atomic E-state index is 1.33. The lowest BCUT2D eigenvalue weighted by molar-refractivity contribution is 0.205. The highest BCUT2D eigenvalue weighted by Crippen LogP contribution is 2.15. The van der Waals surface area contributed by atoms with Gasteiger partial charge in [-0.1, -0.05) is 32.1 Å². The van der Waals surface area contributed by atoms with Crippen molar-refractivity contribution in [2.24, 2.45) is 5.73 Å². The Morgan fingerprint density at radius 3 is 1.33 bits per heavy atom. The zero-order valence-electron chi connectivity index (χ0n) is 5.47. The van der Waals surface area contributed by atoms with Gasteiger partial charge in [0, 0.05) is 0 Å². The summed E-state index contributed by atoms with van der Waals surface area (Å²) in [6, 6.07) is 0. The summed E-state index contributed by atoms with van der Waals surface area (Å²) in [7, 11) is 0. The van der Waals surface area contributed by atoms with Gasteiger partial charge in [0.1, 0.15) is 0 Å². The van der Waals surface area contributed by atoms with Gasteiger partial charge in [0.15, 0.2) is 0 Å². The molecule has 3 heteroatoms. The van der Waals surface area contributed by atoms with Gasteiger partial charge >= 0.3 is 6.09 Å². The van der Waals surface area contributed by atoms with Crippen molar-refractivity contribution in [1.82, 2.24) is 0 Å². The highest BCUT2D eigenvalue weighted by Gasteiger charge is 1.95. The van der Waals surface area contributed by atoms with Crippen molar-refractivity contribution in [3.05, 3.63) is 0 Å². The number of hydrogen-bond donors (Lipinski definition) is 2. The second-order valence-corrected chi connectivity index (χ2v) is 2.11. The average Bonchev–Trinajstić information content (AvgIpc) is 2.11. The molecule has 0 aromatic heterocycles. The first-order valence-corrected chi connectivity index (χ1v) is 3.22. The Labute approximate surface area is 54.9 Å². The fourth-order valence-electron chi connectivity index (χ4n) is 0.884. The summed E-state index contributed by atoms with van der Waals surface area (Å²) in [5.41, 5.74) is 4.03. The molecule has 1 aliphatic carbocycles. The predicted molar refractivity (Wildman–Crippen MR) is 35.3 cm³/mol. The first-order chi connectivity index (χ1) is 4.23. The highest BCUT2D eigenvalue weighted by molar-refractivity contribution is 5.61. The maximum atomic E-state index is 8.78. The Morgan fingerprint density at radius 1 is 1.11 bits per heavy atom. The van der Waals surface area contributed by atoms with E-state index >= 15 is 0 Å². The third-order valence-corrected chi connectivity index (χ3v) is 1.25. The zero-order valence-corrected chi connectivity index (χ0v) is 5.47. The summed E-state index contributed by atoms with van der Waals surface area (Å²) >= 11 is 0. The summed E-state index contributed by atoms with van der Waals surface area (Å²) in [5.74, 6) is 0. The van der Waals surface area contributed by atoms with Crippen LogP contribution >= 0.6 is 0 Å². The van der Waals surface area contributed by atoms with Crippen LogP contribution in [-0.2, 0) is 0 Å². The van der Waals surface area contributed by atoms with Crippen molar-refractivity contribution in [2.45, 2.75) is 32.1 Å². The van der Waals surface area contributed by atoms with E-state index in [-0.39, 0.29) is 0 Å². The van der Waals surface area contributed by atoms with E-state index in [0.717, 1.165) is 0 Å². The molecule has 0 saturated heterocycles. The fourth-order valence-corrected chi connectivity index (χ4v) is 0.884. The maximum Gasteiger partial charge on any atom is 0.402 e. The van der Waals surface area contributed by atoms with Crippen molar-refractivity contribution >= 4 is 6.09 Å². The summed E-state index contributed by atoms with van der Waals surface area (Å²) in [4.78, 5) is 8.78. The van der Waals surface area contributed by atoms with Crippen LogP contribution in [0.1, 0.15) is 32.1 Å². The number of carboxylic acid groups (broad SMARTS) is 1. The predicted octanol–water partition coefficient (Wildman–Crippen LogP) is 1.57. The lowest BCUT2D eigenvalue weighted by Crippen LogP contribution is -2.03. The molecule has 1 aliphatic rings. The van der Waals surface area contributed by atoms with Gasteiger partial charge in [-0.2, -0.15) is 0 Å². The van der Waals surface area contributed by atoms with Gasteiger partial charge in [0.25, 0.3) is 0 Å². The maximum absolute atomic E-state index is 8.78. The molecule has 0 bridgehead atoms. The summed E-state index contributed by atoms with van der Waals surface area (Å²) < 4.78 is 0. The van der Waals surface area contributed by atoms with Crippen LogP contribution in [0.4, 0.5) is 4.79 Å². The number of hydrogen-bond acceptors (Lipinski definition) is 1. The number of rotatable bonds is 0. The van der Waals surface area contributed by atoms with E-state index in [1.165, 1.54) is 32.1 Å². The molecule has 9 heavy (non-hydrogen) atoms. The molecule has 0 aromatic rings. The molecular weight excluding hydrogens is 118 g/mol. The van der Waals surface area contributed by atoms with Gasteiger partial charge < -0.3 is 10.8 Å². The molecule has 1 saturated carbocycles. The van der Waals surface area contributed by atoms with Gasteiger partial charge in [-0.3, -0.25) is 0 Å². The van der Waals surface area contributed by atoms with E-state index in [1.807, 2.05) is 0 Å². The van der Waals surface area contributed by atoms with Crippen LogP contribution in [0.25, 0.3) is 0 Å². The normalized spacial score (nSPS) is 16.0. The molecule has 3 N–H and O–H groups in total. The van der Waals surface area contributed by atoms with E-state index in [9.17, 15) is 0 Å². The van der Waals surface area contributed by atoms with Gasteiger partial charge in [0.05, 0.1) is 0 Å². The minimum atomic E-state index is -1.33. The highest BCUT2D eigenvalue weighted by atomic mass is 16.4. The molecule has 3 nitrogen and oxygen atoms in total. The topological polar surface area (TPSA) is 63.3 Å². The SMILES string of the molecule is C1CCCC1.NC(=O)O. The number of primary amides is 1. The molecule has 54 valence electrons. The van der Waals surface area contributed by atoms with Crippen molar-refractivity contribution in [2.75, 3.05) is 0 Å². The molecular formula is C6H13NO2. The molecule has 0 aromatic carbocycles. The third-order valence-electron chi connectivity index (χ3n) is 1.25. The Bertz CT molecular complexity index is 67.5. The van der Waals surface area contributed by atoms with Gasteiger partial charge in [-0.05, 0) is 0 Å². The van der Waals surface area contributed by atoms with Crippen LogP contribution in [0.15, 0.2) is 0 Å². The van der Waals surface area contributed by atoms with Crippen molar-refractivity contribution in [1.29, 1.82) is 0 Å². The smallest absolute Gasteiger partial charge is 0.402 e. The zero-order chi connectivity index (χ0) is 7.11. The number of carbonyl (C=O) groups is 1. The van der Waals surface area contributed by atoms with E-state index in [0.29, 0.717) is 0 Å². The van der Waals surface area contributed by atoms with Crippen LogP contribution in [-0.4, -0.2) is 11.2 Å². The van der Waals surface area contributed by atoms with E-state index in [2.05, 4.69) is 5.73 Å². The molecule has 0 radical (unpaired) electrons. The van der Waals surface area contributed by atoms with E-state index in [4.69, 9.17) is 9.90 Å². The van der Waals surface area contributed by atoms with E-state index < -0.39 is 6.09 Å². The van der Waals surface area contributed by atoms with Crippen LogP contribution in [0.5, 0.6) is 0 Å². The summed E-state index contributed by atoms with van der Waals surface area (Å²) in [6.45, 7) is 0. The van der Waals surface area contributed by atoms with Crippen LogP contribution < -0.4 is 5.73 Å². The van der Waals surface area contributed by atoms with Crippen LogP contribution in [0.3, 0.4) is 0 Å². The number of amides is 1. The molecule has 0 unspecified atom stereocenters. The Balaban J connectivity index is 0.000000148. The fraction of sp³-hybridized carbons (Fsp3) is 0.833. The largest absolute Gasteiger partial charge is 0.465 e. The molecule has 0 atom stereocenters. The van der Waals surface area contributed by atoms with Gasteiger partial charge in [-0.15, -0.1) is 0 Å². The molecule has 1 amide bonds. The Kier molecular flexibility index (Phi) is 4.97. The van der Waals surface area contributed by atoms with E-state index in [1.54, 1.807) is 0 Å². The Hall–Kier alpha value is -0.730. The first kappa shape index (κ1) is 8.27. The average molecular weight is 131 g/mol. The first-order valence-electron chi connectivity index (χ1n) is 3.22. The standard InChI is InChI=1S/C5H10.CH3NO2/c1-2-4-5-3-1;2-1(3)4/h1-5H2;2H2,(H,3,4). The Morgan fingerprint density at radius 2 is 1.22 bits per heavy atom. The third kappa shape index (κ3) is 11.1. The minimum Gasteiger partial charge on any atom is -0.465 e. The molecule has 1 fully saturated rings. The van der Waals surface area contributed by atoms with Crippen molar-refractivity contribution in [3.63, 3.8) is 0 Å².